The van der Waals surface area contributed by atoms with Crippen LogP contribution in [0.3, 0.4) is 0 Å². The van der Waals surface area contributed by atoms with Crippen molar-refractivity contribution in [2.24, 2.45) is 5.92 Å². The van der Waals surface area contributed by atoms with Crippen molar-refractivity contribution in [3.63, 3.8) is 0 Å². The van der Waals surface area contributed by atoms with Crippen LogP contribution in [0.15, 0.2) is 0 Å². The number of aliphatic carboxylic acids is 1. The average molecular weight is 229 g/mol. The maximum atomic E-state index is 11.3. The number of rotatable bonds is 8. The molecule has 0 aromatic heterocycles. The van der Waals surface area contributed by atoms with E-state index in [1.54, 1.807) is 11.8 Å². The first-order valence-corrected chi connectivity index (χ1v) is 5.97. The van der Waals surface area contributed by atoms with Gasteiger partial charge in [0.05, 0.1) is 5.92 Å². The highest BCUT2D eigenvalue weighted by molar-refractivity contribution is 5.75. The van der Waals surface area contributed by atoms with E-state index in [0.717, 1.165) is 19.3 Å². The number of nitrogens with zero attached hydrogens (tertiary/aromatic N) is 1. The van der Waals surface area contributed by atoms with Crippen LogP contribution in [0, 0.1) is 5.92 Å². The summed E-state index contributed by atoms with van der Waals surface area (Å²) in [5, 5.41) is 8.78. The van der Waals surface area contributed by atoms with Crippen LogP contribution < -0.4 is 0 Å². The zero-order chi connectivity index (χ0) is 12.6. The van der Waals surface area contributed by atoms with Gasteiger partial charge < -0.3 is 10.0 Å². The molecular formula is C12H23NO3. The number of carboxylic acid groups (broad SMARTS) is 1. The molecule has 0 aromatic carbocycles. The number of amides is 1. The molecule has 1 amide bonds. The second-order valence-corrected chi connectivity index (χ2v) is 4.26. The number of carbonyl (C=O) groups is 2. The molecule has 1 N–H and O–H groups in total. The molecule has 16 heavy (non-hydrogen) atoms. The van der Waals surface area contributed by atoms with E-state index in [2.05, 4.69) is 6.92 Å². The Morgan fingerprint density at radius 2 is 1.88 bits per heavy atom. The van der Waals surface area contributed by atoms with Crippen LogP contribution in [0.1, 0.15) is 46.5 Å². The maximum Gasteiger partial charge on any atom is 0.308 e. The summed E-state index contributed by atoms with van der Waals surface area (Å²) in [7, 11) is 0. The zero-order valence-electron chi connectivity index (χ0n) is 10.5. The van der Waals surface area contributed by atoms with Gasteiger partial charge in [-0.25, -0.2) is 0 Å². The lowest BCUT2D eigenvalue weighted by Crippen LogP contribution is -2.36. The second kappa shape index (κ2) is 8.13. The van der Waals surface area contributed by atoms with E-state index in [0.29, 0.717) is 13.1 Å². The summed E-state index contributed by atoms with van der Waals surface area (Å²) in [5.41, 5.74) is 0. The summed E-state index contributed by atoms with van der Waals surface area (Å²) < 4.78 is 0. The van der Waals surface area contributed by atoms with Gasteiger partial charge in [-0.05, 0) is 6.42 Å². The monoisotopic (exact) mass is 229 g/mol. The van der Waals surface area contributed by atoms with Gasteiger partial charge in [-0.3, -0.25) is 9.59 Å². The van der Waals surface area contributed by atoms with Crippen molar-refractivity contribution in [3.05, 3.63) is 0 Å². The van der Waals surface area contributed by atoms with Crippen LogP contribution >= 0.6 is 0 Å². The number of carboxylic acids is 1. The minimum Gasteiger partial charge on any atom is -0.481 e. The van der Waals surface area contributed by atoms with Crippen molar-refractivity contribution in [1.29, 1.82) is 0 Å². The number of hydrogen-bond acceptors (Lipinski definition) is 2. The van der Waals surface area contributed by atoms with E-state index in [-0.39, 0.29) is 5.91 Å². The Morgan fingerprint density at radius 1 is 1.25 bits per heavy atom. The lowest BCUT2D eigenvalue weighted by Gasteiger charge is -2.22. The van der Waals surface area contributed by atoms with Gasteiger partial charge in [-0.15, -0.1) is 0 Å². The standard InChI is InChI=1S/C12H23NO3/c1-4-5-6-7-8-13(11(3)14)9-10(2)12(15)16/h10H,4-9H2,1-3H3,(H,15,16). The maximum absolute atomic E-state index is 11.3. The number of unbranched alkanes of at least 4 members (excludes halogenated alkanes) is 3. The largest absolute Gasteiger partial charge is 0.481 e. The van der Waals surface area contributed by atoms with E-state index in [4.69, 9.17) is 5.11 Å². The predicted molar refractivity (Wildman–Crippen MR) is 63.2 cm³/mol. The Balaban J connectivity index is 3.98. The molecule has 0 radical (unpaired) electrons. The third kappa shape index (κ3) is 6.43. The SMILES string of the molecule is CCCCCCN(CC(C)C(=O)O)C(C)=O. The third-order valence-electron chi connectivity index (χ3n) is 2.64. The van der Waals surface area contributed by atoms with E-state index in [1.807, 2.05) is 0 Å². The smallest absolute Gasteiger partial charge is 0.308 e. The topological polar surface area (TPSA) is 57.6 Å². The summed E-state index contributed by atoms with van der Waals surface area (Å²) in [6.07, 6.45) is 4.38. The Hall–Kier alpha value is -1.06. The van der Waals surface area contributed by atoms with E-state index >= 15 is 0 Å². The third-order valence-corrected chi connectivity index (χ3v) is 2.64. The highest BCUT2D eigenvalue weighted by Crippen LogP contribution is 2.05. The van der Waals surface area contributed by atoms with Gasteiger partial charge in [-0.2, -0.15) is 0 Å². The highest BCUT2D eigenvalue weighted by Gasteiger charge is 2.17. The van der Waals surface area contributed by atoms with Gasteiger partial charge in [-0.1, -0.05) is 33.1 Å². The molecule has 0 aliphatic heterocycles. The highest BCUT2D eigenvalue weighted by atomic mass is 16.4. The molecule has 0 aliphatic carbocycles. The van der Waals surface area contributed by atoms with Crippen LogP contribution in [0.4, 0.5) is 0 Å². The summed E-state index contributed by atoms with van der Waals surface area (Å²) in [4.78, 5) is 23.6. The van der Waals surface area contributed by atoms with Crippen LogP contribution in [0.25, 0.3) is 0 Å². The van der Waals surface area contributed by atoms with Gasteiger partial charge in [0, 0.05) is 20.0 Å². The summed E-state index contributed by atoms with van der Waals surface area (Å²) >= 11 is 0. The second-order valence-electron chi connectivity index (χ2n) is 4.26. The fourth-order valence-electron chi connectivity index (χ4n) is 1.52. The molecule has 0 bridgehead atoms. The van der Waals surface area contributed by atoms with Gasteiger partial charge in [0.25, 0.3) is 0 Å². The van der Waals surface area contributed by atoms with E-state index < -0.39 is 11.9 Å². The molecule has 1 unspecified atom stereocenters. The first-order valence-electron chi connectivity index (χ1n) is 5.97. The van der Waals surface area contributed by atoms with E-state index in [1.165, 1.54) is 13.3 Å². The molecule has 0 saturated heterocycles. The summed E-state index contributed by atoms with van der Waals surface area (Å²) in [6, 6.07) is 0. The van der Waals surface area contributed by atoms with Crippen LogP contribution in [-0.4, -0.2) is 35.0 Å². The minimum absolute atomic E-state index is 0.0374. The van der Waals surface area contributed by atoms with Gasteiger partial charge in [0.2, 0.25) is 5.91 Å². The first kappa shape index (κ1) is 14.9. The first-order chi connectivity index (χ1) is 7.49. The Labute approximate surface area is 97.6 Å². The Kier molecular flexibility index (Phi) is 7.60. The normalized spacial score (nSPS) is 12.2. The lowest BCUT2D eigenvalue weighted by atomic mass is 10.1. The van der Waals surface area contributed by atoms with Gasteiger partial charge >= 0.3 is 5.97 Å². The average Bonchev–Trinajstić information content (AvgIpc) is 2.21. The molecule has 0 saturated carbocycles. The summed E-state index contributed by atoms with van der Waals surface area (Å²) in [5.74, 6) is -1.38. The number of carbonyl (C=O) groups excluding carboxylic acids is 1. The molecule has 94 valence electrons. The molecule has 4 heteroatoms. The predicted octanol–water partition coefficient (Wildman–Crippen LogP) is 2.14. The summed E-state index contributed by atoms with van der Waals surface area (Å²) in [6.45, 7) is 6.25. The van der Waals surface area contributed by atoms with E-state index in [9.17, 15) is 9.59 Å². The molecule has 0 aromatic rings. The van der Waals surface area contributed by atoms with Gasteiger partial charge in [0.1, 0.15) is 0 Å². The van der Waals surface area contributed by atoms with Crippen molar-refractivity contribution in [2.45, 2.75) is 46.5 Å². The molecule has 0 heterocycles. The van der Waals surface area contributed by atoms with Crippen molar-refractivity contribution >= 4 is 11.9 Å². The molecular weight excluding hydrogens is 206 g/mol. The molecule has 0 spiro atoms. The Morgan fingerprint density at radius 3 is 2.31 bits per heavy atom. The van der Waals surface area contributed by atoms with Crippen molar-refractivity contribution < 1.29 is 14.7 Å². The van der Waals surface area contributed by atoms with Crippen molar-refractivity contribution in [3.8, 4) is 0 Å². The molecule has 0 aliphatic rings. The fraction of sp³-hybridized carbons (Fsp3) is 0.833. The van der Waals surface area contributed by atoms with Gasteiger partial charge in [0.15, 0.2) is 0 Å². The zero-order valence-corrected chi connectivity index (χ0v) is 10.5. The molecule has 4 nitrogen and oxygen atoms in total. The quantitative estimate of drug-likeness (QED) is 0.649. The molecule has 0 fully saturated rings. The van der Waals surface area contributed by atoms with Crippen molar-refractivity contribution in [1.82, 2.24) is 4.90 Å². The van der Waals surface area contributed by atoms with Crippen molar-refractivity contribution in [2.75, 3.05) is 13.1 Å². The van der Waals surface area contributed by atoms with Crippen LogP contribution in [0.2, 0.25) is 0 Å². The molecule has 1 atom stereocenters. The number of hydrogen-bond donors (Lipinski definition) is 1. The van der Waals surface area contributed by atoms with Crippen LogP contribution in [-0.2, 0) is 9.59 Å². The minimum atomic E-state index is -0.847. The Bertz CT molecular complexity index is 228. The lowest BCUT2D eigenvalue weighted by molar-refractivity contribution is -0.142. The van der Waals surface area contributed by atoms with Crippen LogP contribution in [0.5, 0.6) is 0 Å². The fourth-order valence-corrected chi connectivity index (χ4v) is 1.52. The molecule has 0 rings (SSSR count).